The van der Waals surface area contributed by atoms with Gasteiger partial charge >= 0.3 is 0 Å². The number of carbonyl (C=O) groups excluding carboxylic acids is 2. The van der Waals surface area contributed by atoms with Crippen molar-refractivity contribution in [1.82, 2.24) is 14.9 Å². The monoisotopic (exact) mass is 489 g/mol. The van der Waals surface area contributed by atoms with Crippen molar-refractivity contribution in [2.24, 2.45) is 5.92 Å². The number of methoxy groups -OCH3 is 2. The first-order valence-electron chi connectivity index (χ1n) is 11.1. The van der Waals surface area contributed by atoms with Gasteiger partial charge in [0, 0.05) is 25.2 Å². The summed E-state index contributed by atoms with van der Waals surface area (Å²) in [6.07, 6.45) is 1.11. The van der Waals surface area contributed by atoms with Gasteiger partial charge in [0.15, 0.2) is 0 Å². The van der Waals surface area contributed by atoms with Crippen molar-refractivity contribution in [3.05, 3.63) is 54.1 Å². The van der Waals surface area contributed by atoms with Gasteiger partial charge in [0.2, 0.25) is 21.8 Å². The number of sulfonamides is 1. The molecule has 34 heavy (non-hydrogen) atoms. The van der Waals surface area contributed by atoms with Crippen molar-refractivity contribution >= 4 is 21.8 Å². The van der Waals surface area contributed by atoms with Gasteiger partial charge in [-0.2, -0.15) is 4.31 Å². The fraction of sp³-hybridized carbons (Fsp3) is 0.417. The molecule has 10 heteroatoms. The number of benzene rings is 2. The number of para-hydroxylation sites is 1. The highest BCUT2D eigenvalue weighted by Gasteiger charge is 2.34. The summed E-state index contributed by atoms with van der Waals surface area (Å²) in [6, 6.07) is 12.7. The molecule has 0 radical (unpaired) electrons. The van der Waals surface area contributed by atoms with E-state index in [1.165, 1.54) is 23.5 Å². The van der Waals surface area contributed by atoms with E-state index in [0.29, 0.717) is 30.9 Å². The Balaban J connectivity index is 1.57. The molecule has 0 aromatic heterocycles. The minimum Gasteiger partial charge on any atom is -0.497 e. The van der Waals surface area contributed by atoms with E-state index < -0.39 is 22.0 Å². The second-order valence-corrected chi connectivity index (χ2v) is 10.1. The molecule has 9 nitrogen and oxygen atoms in total. The molecule has 0 aliphatic carbocycles. The van der Waals surface area contributed by atoms with Crippen molar-refractivity contribution in [2.75, 3.05) is 27.3 Å². The Morgan fingerprint density at radius 1 is 1.09 bits per heavy atom. The number of hydrogen-bond donors (Lipinski definition) is 2. The molecule has 1 saturated heterocycles. The lowest BCUT2D eigenvalue weighted by molar-refractivity contribution is -0.131. The second kappa shape index (κ2) is 11.3. The lowest BCUT2D eigenvalue weighted by Crippen LogP contribution is -2.50. The topological polar surface area (TPSA) is 114 Å². The maximum atomic E-state index is 13.0. The Morgan fingerprint density at radius 2 is 1.79 bits per heavy atom. The van der Waals surface area contributed by atoms with Gasteiger partial charge in [-0.05, 0) is 50.1 Å². The van der Waals surface area contributed by atoms with E-state index in [9.17, 15) is 18.0 Å². The highest BCUT2D eigenvalue weighted by atomic mass is 32.2. The highest BCUT2D eigenvalue weighted by Crippen LogP contribution is 2.25. The van der Waals surface area contributed by atoms with E-state index in [2.05, 4.69) is 10.6 Å². The van der Waals surface area contributed by atoms with Gasteiger partial charge in [-0.15, -0.1) is 0 Å². The van der Waals surface area contributed by atoms with Crippen molar-refractivity contribution in [3.8, 4) is 11.5 Å². The van der Waals surface area contributed by atoms with E-state index >= 15 is 0 Å². The average molecular weight is 490 g/mol. The van der Waals surface area contributed by atoms with E-state index in [0.717, 1.165) is 5.56 Å². The molecule has 3 rings (SSSR count). The SMILES string of the molecule is COc1ccc(S(=O)(=O)N2CCCC(C(=O)N[C@H](C)C(=O)NCc3ccccc3OC)C2)cc1. The molecule has 1 aliphatic rings. The maximum absolute atomic E-state index is 13.0. The van der Waals surface area contributed by atoms with Crippen LogP contribution in [0, 0.1) is 5.92 Å². The van der Waals surface area contributed by atoms with E-state index in [1.807, 2.05) is 24.3 Å². The molecule has 2 atom stereocenters. The van der Waals surface area contributed by atoms with Crippen molar-refractivity contribution < 1.29 is 27.5 Å². The number of rotatable bonds is 9. The van der Waals surface area contributed by atoms with Crippen LogP contribution in [0.15, 0.2) is 53.4 Å². The van der Waals surface area contributed by atoms with E-state index in [4.69, 9.17) is 9.47 Å². The van der Waals surface area contributed by atoms with Gasteiger partial charge in [0.05, 0.1) is 25.0 Å². The Bertz CT molecular complexity index is 1100. The predicted octanol–water partition coefficient (Wildman–Crippen LogP) is 1.93. The summed E-state index contributed by atoms with van der Waals surface area (Å²) in [7, 11) is -0.665. The third kappa shape index (κ3) is 6.06. The smallest absolute Gasteiger partial charge is 0.243 e. The molecule has 0 bridgehead atoms. The summed E-state index contributed by atoms with van der Waals surface area (Å²) >= 11 is 0. The van der Waals surface area contributed by atoms with Gasteiger partial charge in [0.25, 0.3) is 0 Å². The van der Waals surface area contributed by atoms with Gasteiger partial charge in [-0.1, -0.05) is 18.2 Å². The minimum absolute atomic E-state index is 0.0652. The maximum Gasteiger partial charge on any atom is 0.243 e. The van der Waals surface area contributed by atoms with Crippen LogP contribution in [-0.4, -0.2) is 57.9 Å². The fourth-order valence-electron chi connectivity index (χ4n) is 3.85. The molecular weight excluding hydrogens is 458 g/mol. The third-order valence-corrected chi connectivity index (χ3v) is 7.73. The number of amides is 2. The number of nitrogens with zero attached hydrogens (tertiary/aromatic N) is 1. The van der Waals surface area contributed by atoms with Crippen LogP contribution < -0.4 is 20.1 Å². The first-order valence-corrected chi connectivity index (χ1v) is 12.5. The Hall–Kier alpha value is -3.11. The number of nitrogens with one attached hydrogen (secondary N) is 2. The third-order valence-electron chi connectivity index (χ3n) is 5.85. The molecule has 2 amide bonds. The summed E-state index contributed by atoms with van der Waals surface area (Å²) in [4.78, 5) is 25.5. The molecule has 1 unspecified atom stereocenters. The average Bonchev–Trinajstić information content (AvgIpc) is 2.87. The van der Waals surface area contributed by atoms with Gasteiger partial charge in [-0.25, -0.2) is 8.42 Å². The largest absolute Gasteiger partial charge is 0.497 e. The number of ether oxygens (including phenoxy) is 2. The Kier molecular flexibility index (Phi) is 8.51. The van der Waals surface area contributed by atoms with Gasteiger partial charge < -0.3 is 20.1 Å². The number of piperidine rings is 1. The lowest BCUT2D eigenvalue weighted by Gasteiger charge is -2.31. The van der Waals surface area contributed by atoms with Crippen molar-refractivity contribution in [1.29, 1.82) is 0 Å². The molecule has 184 valence electrons. The molecule has 2 N–H and O–H groups in total. The fourth-order valence-corrected chi connectivity index (χ4v) is 5.38. The standard InChI is InChI=1S/C24H31N3O6S/c1-17(23(28)25-15-18-7-4-5-9-22(18)33-3)26-24(29)19-8-6-14-27(16-19)34(30,31)21-12-10-20(32-2)11-13-21/h4-5,7,9-13,17,19H,6,8,14-16H2,1-3H3,(H,25,28)(H,26,29)/t17-,19?/m1/s1. The van der Waals surface area contributed by atoms with Crippen LogP contribution in [0.4, 0.5) is 0 Å². The van der Waals surface area contributed by atoms with Crippen LogP contribution >= 0.6 is 0 Å². The summed E-state index contributed by atoms with van der Waals surface area (Å²) in [5, 5.41) is 5.52. The predicted molar refractivity (Wildman–Crippen MR) is 127 cm³/mol. The molecule has 1 aliphatic heterocycles. The summed E-state index contributed by atoms with van der Waals surface area (Å²) in [5.74, 6) is 0.0197. The normalized spacial score (nSPS) is 17.4. The first-order chi connectivity index (χ1) is 16.3. The molecule has 1 heterocycles. The molecule has 2 aromatic rings. The Morgan fingerprint density at radius 3 is 2.47 bits per heavy atom. The van der Waals surface area contributed by atoms with Crippen LogP contribution in [0.3, 0.4) is 0 Å². The number of carbonyl (C=O) groups is 2. The minimum atomic E-state index is -3.74. The van der Waals surface area contributed by atoms with Crippen LogP contribution in [0.25, 0.3) is 0 Å². The van der Waals surface area contributed by atoms with Crippen LogP contribution in [0.1, 0.15) is 25.3 Å². The van der Waals surface area contributed by atoms with Gasteiger partial charge in [0.1, 0.15) is 17.5 Å². The van der Waals surface area contributed by atoms with Gasteiger partial charge in [-0.3, -0.25) is 9.59 Å². The summed E-state index contributed by atoms with van der Waals surface area (Å²) in [5.41, 5.74) is 0.823. The zero-order valence-electron chi connectivity index (χ0n) is 19.6. The highest BCUT2D eigenvalue weighted by molar-refractivity contribution is 7.89. The first kappa shape index (κ1) is 25.5. The van der Waals surface area contributed by atoms with E-state index in [1.54, 1.807) is 26.2 Å². The number of hydrogen-bond acceptors (Lipinski definition) is 6. The lowest BCUT2D eigenvalue weighted by atomic mass is 9.98. The van der Waals surface area contributed by atoms with Crippen LogP contribution in [0.5, 0.6) is 11.5 Å². The molecule has 1 fully saturated rings. The van der Waals surface area contributed by atoms with E-state index in [-0.39, 0.29) is 29.8 Å². The Labute approximate surface area is 200 Å². The zero-order valence-corrected chi connectivity index (χ0v) is 20.4. The van der Waals surface area contributed by atoms with Crippen LogP contribution in [0.2, 0.25) is 0 Å². The van der Waals surface area contributed by atoms with Crippen molar-refractivity contribution in [2.45, 2.75) is 37.2 Å². The second-order valence-electron chi connectivity index (χ2n) is 8.14. The molecule has 2 aromatic carbocycles. The quantitative estimate of drug-likeness (QED) is 0.556. The van der Waals surface area contributed by atoms with Crippen LogP contribution in [-0.2, 0) is 26.2 Å². The molecular formula is C24H31N3O6S. The zero-order chi connectivity index (χ0) is 24.7. The summed E-state index contributed by atoms with van der Waals surface area (Å²) in [6.45, 7) is 2.27. The molecule has 0 spiro atoms. The molecule has 0 saturated carbocycles. The summed E-state index contributed by atoms with van der Waals surface area (Å²) < 4.78 is 37.8. The van der Waals surface area contributed by atoms with Crippen molar-refractivity contribution in [3.63, 3.8) is 0 Å².